The van der Waals surface area contributed by atoms with Gasteiger partial charge in [-0.25, -0.2) is 0 Å². The zero-order valence-corrected chi connectivity index (χ0v) is 12.5. The van der Waals surface area contributed by atoms with Gasteiger partial charge in [0.15, 0.2) is 0 Å². The van der Waals surface area contributed by atoms with Gasteiger partial charge in [-0.15, -0.1) is 0 Å². The zero-order valence-electron chi connectivity index (χ0n) is 11.7. The number of carbonyl (C=O) groups excluding carboxylic acids is 2. The van der Waals surface area contributed by atoms with Crippen LogP contribution in [0.4, 0.5) is 0 Å². The van der Waals surface area contributed by atoms with Gasteiger partial charge in [-0.1, -0.05) is 38.9 Å². The van der Waals surface area contributed by atoms with Crippen molar-refractivity contribution >= 4 is 29.0 Å². The highest BCUT2D eigenvalue weighted by Crippen LogP contribution is 2.33. The predicted molar refractivity (Wildman–Crippen MR) is 78.6 cm³/mol. The molecule has 6 heteroatoms. The van der Waals surface area contributed by atoms with Gasteiger partial charge < -0.3 is 16.0 Å². The Kier molecular flexibility index (Phi) is 5.72. The van der Waals surface area contributed by atoms with Crippen LogP contribution in [0.3, 0.4) is 0 Å². The van der Waals surface area contributed by atoms with Gasteiger partial charge >= 0.3 is 0 Å². The fraction of sp³-hybridized carbons (Fsp3) is 0.769. The number of carbonyl (C=O) groups is 2. The van der Waals surface area contributed by atoms with Gasteiger partial charge in [-0.3, -0.25) is 9.59 Å². The molecule has 0 bridgehead atoms. The van der Waals surface area contributed by atoms with Crippen molar-refractivity contribution in [2.24, 2.45) is 11.1 Å². The van der Waals surface area contributed by atoms with Crippen molar-refractivity contribution in [3.05, 3.63) is 0 Å². The van der Waals surface area contributed by atoms with Crippen LogP contribution < -0.4 is 11.1 Å². The Morgan fingerprint density at radius 2 is 2.00 bits per heavy atom. The lowest BCUT2D eigenvalue weighted by atomic mass is 9.77. The van der Waals surface area contributed by atoms with Crippen LogP contribution in [0.2, 0.25) is 0 Å². The average Bonchev–Trinajstić information content (AvgIpc) is 2.37. The molecule has 1 rings (SSSR count). The number of amides is 2. The van der Waals surface area contributed by atoms with Crippen LogP contribution in [0.15, 0.2) is 0 Å². The van der Waals surface area contributed by atoms with E-state index in [-0.39, 0.29) is 23.3 Å². The Morgan fingerprint density at radius 1 is 1.42 bits per heavy atom. The van der Waals surface area contributed by atoms with E-state index in [0.29, 0.717) is 25.9 Å². The van der Waals surface area contributed by atoms with Crippen molar-refractivity contribution in [2.45, 2.75) is 39.5 Å². The largest absolute Gasteiger partial charge is 0.392 e. The topological polar surface area (TPSA) is 75.4 Å². The molecule has 1 fully saturated rings. The third kappa shape index (κ3) is 3.43. The average molecular weight is 285 g/mol. The second kappa shape index (κ2) is 6.84. The van der Waals surface area contributed by atoms with Crippen molar-refractivity contribution in [2.75, 3.05) is 19.6 Å². The van der Waals surface area contributed by atoms with Crippen LogP contribution in [0.25, 0.3) is 0 Å². The molecule has 0 aromatic heterocycles. The summed E-state index contributed by atoms with van der Waals surface area (Å²) >= 11 is 5.16. The molecular formula is C13H23N3O2S. The van der Waals surface area contributed by atoms with Crippen LogP contribution in [-0.4, -0.2) is 41.3 Å². The summed E-state index contributed by atoms with van der Waals surface area (Å²) in [7, 11) is 0. The summed E-state index contributed by atoms with van der Waals surface area (Å²) in [5, 5.41) is 2.71. The number of thiocarbonyl (C=S) groups is 1. The number of nitrogens with two attached hydrogens (primary N) is 1. The highest BCUT2D eigenvalue weighted by atomic mass is 32.1. The van der Waals surface area contributed by atoms with Gasteiger partial charge in [-0.2, -0.15) is 0 Å². The van der Waals surface area contributed by atoms with E-state index in [1.807, 2.05) is 13.8 Å². The highest BCUT2D eigenvalue weighted by molar-refractivity contribution is 7.80. The molecule has 1 heterocycles. The Bertz CT molecular complexity index is 365. The lowest BCUT2D eigenvalue weighted by Gasteiger charge is -2.37. The van der Waals surface area contributed by atoms with Gasteiger partial charge in [-0.05, 0) is 12.8 Å². The minimum atomic E-state index is -0.781. The summed E-state index contributed by atoms with van der Waals surface area (Å²) in [5.41, 5.74) is 5.09. The molecule has 108 valence electrons. The highest BCUT2D eigenvalue weighted by Gasteiger charge is 2.43. The molecule has 0 aliphatic carbocycles. The molecule has 0 unspecified atom stereocenters. The number of rotatable bonds is 6. The van der Waals surface area contributed by atoms with Crippen LogP contribution in [0.5, 0.6) is 0 Å². The van der Waals surface area contributed by atoms with E-state index in [9.17, 15) is 9.59 Å². The lowest BCUT2D eigenvalue weighted by molar-refractivity contribution is -0.144. The van der Waals surface area contributed by atoms with E-state index >= 15 is 0 Å². The van der Waals surface area contributed by atoms with E-state index < -0.39 is 5.41 Å². The molecule has 1 aliphatic heterocycles. The van der Waals surface area contributed by atoms with E-state index in [2.05, 4.69) is 5.32 Å². The van der Waals surface area contributed by atoms with E-state index in [4.69, 9.17) is 18.0 Å². The quantitative estimate of drug-likeness (QED) is 0.708. The Hall–Kier alpha value is -1.17. The first-order chi connectivity index (χ1) is 8.97. The van der Waals surface area contributed by atoms with Gasteiger partial charge in [0, 0.05) is 13.1 Å². The number of piperazine rings is 1. The first-order valence-electron chi connectivity index (χ1n) is 6.84. The molecule has 19 heavy (non-hydrogen) atoms. The minimum Gasteiger partial charge on any atom is -0.392 e. The number of hydrogen-bond acceptors (Lipinski definition) is 3. The van der Waals surface area contributed by atoms with Crippen molar-refractivity contribution < 1.29 is 9.59 Å². The standard InChI is InChI=1S/C13H23N3O2S/c1-3-5-13(6-4-2,11(14)19)12(18)16-8-7-15-10(17)9-16/h3-9H2,1-2H3,(H2,14,19)(H,15,17). The molecule has 0 aromatic carbocycles. The summed E-state index contributed by atoms with van der Waals surface area (Å²) in [4.78, 5) is 26.0. The molecule has 1 saturated heterocycles. The molecule has 3 N–H and O–H groups in total. The van der Waals surface area contributed by atoms with E-state index in [1.54, 1.807) is 4.90 Å². The third-order valence-corrected chi connectivity index (χ3v) is 3.95. The Morgan fingerprint density at radius 3 is 2.42 bits per heavy atom. The fourth-order valence-corrected chi connectivity index (χ4v) is 2.95. The maximum absolute atomic E-state index is 12.8. The molecule has 0 saturated carbocycles. The summed E-state index contributed by atoms with van der Waals surface area (Å²) in [6.07, 6.45) is 2.96. The molecule has 0 radical (unpaired) electrons. The smallest absolute Gasteiger partial charge is 0.239 e. The van der Waals surface area contributed by atoms with Crippen LogP contribution in [0.1, 0.15) is 39.5 Å². The Labute approximate surface area is 119 Å². The van der Waals surface area contributed by atoms with Crippen LogP contribution >= 0.6 is 12.2 Å². The summed E-state index contributed by atoms with van der Waals surface area (Å²) in [5.74, 6) is -0.206. The summed E-state index contributed by atoms with van der Waals surface area (Å²) in [6, 6.07) is 0. The second-order valence-corrected chi connectivity index (χ2v) is 5.46. The normalized spacial score (nSPS) is 16.1. The Balaban J connectivity index is 2.98. The van der Waals surface area contributed by atoms with Gasteiger partial charge in [0.25, 0.3) is 0 Å². The first kappa shape index (κ1) is 15.9. The van der Waals surface area contributed by atoms with Crippen molar-refractivity contribution in [3.8, 4) is 0 Å². The van der Waals surface area contributed by atoms with Crippen LogP contribution in [-0.2, 0) is 9.59 Å². The first-order valence-corrected chi connectivity index (χ1v) is 7.24. The summed E-state index contributed by atoms with van der Waals surface area (Å²) in [6.45, 7) is 5.16. The molecular weight excluding hydrogens is 262 g/mol. The van der Waals surface area contributed by atoms with Gasteiger partial charge in [0.05, 0.1) is 16.9 Å². The summed E-state index contributed by atoms with van der Waals surface area (Å²) < 4.78 is 0. The number of nitrogens with one attached hydrogen (secondary N) is 1. The number of nitrogens with zero attached hydrogens (tertiary/aromatic N) is 1. The molecule has 0 aromatic rings. The number of hydrogen-bond donors (Lipinski definition) is 2. The van der Waals surface area contributed by atoms with E-state index in [1.165, 1.54) is 0 Å². The van der Waals surface area contributed by atoms with Crippen molar-refractivity contribution in [3.63, 3.8) is 0 Å². The SMILES string of the molecule is CCCC(CCC)(C(=O)N1CCNC(=O)C1)C(N)=S. The molecule has 1 aliphatic rings. The van der Waals surface area contributed by atoms with Crippen molar-refractivity contribution in [1.82, 2.24) is 10.2 Å². The van der Waals surface area contributed by atoms with Crippen molar-refractivity contribution in [1.29, 1.82) is 0 Å². The molecule has 2 amide bonds. The van der Waals surface area contributed by atoms with Gasteiger partial charge in [0.1, 0.15) is 0 Å². The minimum absolute atomic E-state index is 0.0847. The maximum Gasteiger partial charge on any atom is 0.239 e. The molecule has 0 atom stereocenters. The maximum atomic E-state index is 12.8. The monoisotopic (exact) mass is 285 g/mol. The second-order valence-electron chi connectivity index (χ2n) is 5.02. The third-order valence-electron chi connectivity index (χ3n) is 3.56. The molecule has 0 spiro atoms. The van der Waals surface area contributed by atoms with Crippen LogP contribution in [0, 0.1) is 5.41 Å². The fourth-order valence-electron chi connectivity index (χ4n) is 2.66. The van der Waals surface area contributed by atoms with E-state index in [0.717, 1.165) is 12.8 Å². The predicted octanol–water partition coefficient (Wildman–Crippen LogP) is 0.818. The zero-order chi connectivity index (χ0) is 14.5. The molecule has 5 nitrogen and oxygen atoms in total. The van der Waals surface area contributed by atoms with Gasteiger partial charge in [0.2, 0.25) is 11.8 Å². The lowest BCUT2D eigenvalue weighted by Crippen LogP contribution is -2.57.